The molecule has 0 saturated carbocycles. The highest BCUT2D eigenvalue weighted by molar-refractivity contribution is 7.80. The van der Waals surface area contributed by atoms with Crippen molar-refractivity contribution in [1.29, 1.82) is 0 Å². The van der Waals surface area contributed by atoms with Crippen LogP contribution in [-0.2, 0) is 13.0 Å². The van der Waals surface area contributed by atoms with Crippen LogP contribution in [0.15, 0.2) is 60.7 Å². The summed E-state index contributed by atoms with van der Waals surface area (Å²) in [5.74, 6) is 0. The summed E-state index contributed by atoms with van der Waals surface area (Å²) in [6.45, 7) is 1.09. The monoisotopic (exact) mass is 286 g/mol. The zero-order valence-corrected chi connectivity index (χ0v) is 12.0. The molecule has 2 aromatic rings. The fourth-order valence-electron chi connectivity index (χ4n) is 1.88. The number of benzene rings is 2. The summed E-state index contributed by atoms with van der Waals surface area (Å²) in [4.78, 5) is 0. The lowest BCUT2D eigenvalue weighted by molar-refractivity contribution is -0.0235. The standard InChI is InChI=1S/C16H18N2OS/c19-18(13-15-9-5-2-6-10-15)16(20)17-12-11-14-7-3-1-4-8-14/h1-10,19H,11-13H2,(H,17,20). The summed E-state index contributed by atoms with van der Waals surface area (Å²) in [6.07, 6.45) is 0.875. The number of nitrogens with zero attached hydrogens (tertiary/aromatic N) is 1. The number of hydrogen-bond acceptors (Lipinski definition) is 2. The minimum absolute atomic E-state index is 0.352. The summed E-state index contributed by atoms with van der Waals surface area (Å²) >= 11 is 5.16. The highest BCUT2D eigenvalue weighted by atomic mass is 32.1. The zero-order chi connectivity index (χ0) is 14.2. The number of nitrogens with one attached hydrogen (secondary N) is 1. The highest BCUT2D eigenvalue weighted by Gasteiger charge is 2.06. The molecule has 2 aromatic carbocycles. The van der Waals surface area contributed by atoms with E-state index in [1.165, 1.54) is 5.56 Å². The zero-order valence-electron chi connectivity index (χ0n) is 11.2. The van der Waals surface area contributed by atoms with Crippen LogP contribution in [0.4, 0.5) is 0 Å². The van der Waals surface area contributed by atoms with Crippen LogP contribution >= 0.6 is 12.2 Å². The van der Waals surface area contributed by atoms with Crippen LogP contribution in [0.5, 0.6) is 0 Å². The van der Waals surface area contributed by atoms with Gasteiger partial charge in [0, 0.05) is 6.54 Å². The molecule has 4 heteroatoms. The second-order valence-electron chi connectivity index (χ2n) is 4.51. The fraction of sp³-hybridized carbons (Fsp3) is 0.188. The Morgan fingerprint density at radius 2 is 1.50 bits per heavy atom. The van der Waals surface area contributed by atoms with Gasteiger partial charge in [0.2, 0.25) is 0 Å². The molecular weight excluding hydrogens is 268 g/mol. The van der Waals surface area contributed by atoms with Crippen molar-refractivity contribution in [2.75, 3.05) is 6.54 Å². The molecule has 0 fully saturated rings. The molecule has 0 aliphatic rings. The van der Waals surface area contributed by atoms with Crippen molar-refractivity contribution in [2.45, 2.75) is 13.0 Å². The molecule has 2 rings (SSSR count). The van der Waals surface area contributed by atoms with E-state index in [1.54, 1.807) is 0 Å². The summed E-state index contributed by atoms with van der Waals surface area (Å²) in [5.41, 5.74) is 2.26. The predicted octanol–water partition coefficient (Wildman–Crippen LogP) is 3.00. The third-order valence-corrected chi connectivity index (χ3v) is 3.30. The lowest BCUT2D eigenvalue weighted by Crippen LogP contribution is -2.37. The largest absolute Gasteiger partial charge is 0.361 e. The van der Waals surface area contributed by atoms with Crippen LogP contribution in [0.1, 0.15) is 11.1 Å². The minimum Gasteiger partial charge on any atom is -0.361 e. The average molecular weight is 286 g/mol. The fourth-order valence-corrected chi connectivity index (χ4v) is 2.04. The Morgan fingerprint density at radius 3 is 2.10 bits per heavy atom. The van der Waals surface area contributed by atoms with Gasteiger partial charge in [-0.05, 0) is 29.8 Å². The summed E-state index contributed by atoms with van der Waals surface area (Å²) < 4.78 is 0. The Morgan fingerprint density at radius 1 is 0.950 bits per heavy atom. The molecule has 0 saturated heterocycles. The molecule has 104 valence electrons. The lowest BCUT2D eigenvalue weighted by Gasteiger charge is -2.18. The Bertz CT molecular complexity index is 531. The first-order valence-corrected chi connectivity index (χ1v) is 6.98. The summed E-state index contributed by atoms with van der Waals surface area (Å²) in [7, 11) is 0. The number of hydroxylamine groups is 2. The molecule has 20 heavy (non-hydrogen) atoms. The maximum absolute atomic E-state index is 9.90. The van der Waals surface area contributed by atoms with Crippen molar-refractivity contribution in [2.24, 2.45) is 0 Å². The maximum Gasteiger partial charge on any atom is 0.193 e. The quantitative estimate of drug-likeness (QED) is 0.654. The first-order chi connectivity index (χ1) is 9.75. The molecule has 0 unspecified atom stereocenters. The van der Waals surface area contributed by atoms with E-state index in [2.05, 4.69) is 17.4 Å². The van der Waals surface area contributed by atoms with Gasteiger partial charge in [-0.1, -0.05) is 60.7 Å². The van der Waals surface area contributed by atoms with Crippen molar-refractivity contribution in [3.8, 4) is 0 Å². The van der Waals surface area contributed by atoms with Gasteiger partial charge in [0.15, 0.2) is 5.11 Å². The molecule has 0 atom stereocenters. The smallest absolute Gasteiger partial charge is 0.193 e. The minimum atomic E-state index is 0.352. The van der Waals surface area contributed by atoms with E-state index in [1.807, 2.05) is 48.5 Å². The van der Waals surface area contributed by atoms with Crippen LogP contribution in [0.2, 0.25) is 0 Å². The van der Waals surface area contributed by atoms with Crippen LogP contribution in [-0.4, -0.2) is 21.9 Å². The molecule has 0 bridgehead atoms. The van der Waals surface area contributed by atoms with E-state index in [-0.39, 0.29) is 0 Å². The third-order valence-electron chi connectivity index (χ3n) is 2.94. The summed E-state index contributed by atoms with van der Waals surface area (Å²) in [5, 5.41) is 14.4. The van der Waals surface area contributed by atoms with Gasteiger partial charge >= 0.3 is 0 Å². The number of thiocarbonyl (C=S) groups is 1. The molecule has 0 amide bonds. The van der Waals surface area contributed by atoms with Gasteiger partial charge in [-0.15, -0.1) is 0 Å². The van der Waals surface area contributed by atoms with Crippen molar-refractivity contribution >= 4 is 17.3 Å². The van der Waals surface area contributed by atoms with Crippen LogP contribution < -0.4 is 5.32 Å². The normalized spacial score (nSPS) is 10.1. The molecule has 2 N–H and O–H groups in total. The molecular formula is C16H18N2OS. The van der Waals surface area contributed by atoms with Crippen LogP contribution in [0.3, 0.4) is 0 Å². The van der Waals surface area contributed by atoms with E-state index in [9.17, 15) is 5.21 Å². The predicted molar refractivity (Wildman–Crippen MR) is 84.5 cm³/mol. The third kappa shape index (κ3) is 4.64. The van der Waals surface area contributed by atoms with Gasteiger partial charge in [-0.25, -0.2) is 5.06 Å². The van der Waals surface area contributed by atoms with E-state index >= 15 is 0 Å². The molecule has 0 aliphatic carbocycles. The van der Waals surface area contributed by atoms with E-state index in [0.29, 0.717) is 18.2 Å². The lowest BCUT2D eigenvalue weighted by atomic mass is 10.1. The first-order valence-electron chi connectivity index (χ1n) is 6.58. The highest BCUT2D eigenvalue weighted by Crippen LogP contribution is 2.03. The Balaban J connectivity index is 1.74. The van der Waals surface area contributed by atoms with Gasteiger partial charge in [0.1, 0.15) is 0 Å². The summed E-state index contributed by atoms with van der Waals surface area (Å²) in [6, 6.07) is 19.9. The second kappa shape index (κ2) is 7.62. The first kappa shape index (κ1) is 14.5. The van der Waals surface area contributed by atoms with Gasteiger partial charge < -0.3 is 5.32 Å². The van der Waals surface area contributed by atoms with Crippen LogP contribution in [0.25, 0.3) is 0 Å². The van der Waals surface area contributed by atoms with Gasteiger partial charge in [0.25, 0.3) is 0 Å². The van der Waals surface area contributed by atoms with Gasteiger partial charge in [-0.3, -0.25) is 5.21 Å². The van der Waals surface area contributed by atoms with Crippen molar-refractivity contribution in [3.63, 3.8) is 0 Å². The Labute approximate surface area is 124 Å². The van der Waals surface area contributed by atoms with Crippen LogP contribution in [0, 0.1) is 0 Å². The maximum atomic E-state index is 9.90. The van der Waals surface area contributed by atoms with Gasteiger partial charge in [0.05, 0.1) is 6.54 Å². The number of hydrogen-bond donors (Lipinski definition) is 2. The van der Waals surface area contributed by atoms with E-state index in [4.69, 9.17) is 12.2 Å². The second-order valence-corrected chi connectivity index (χ2v) is 4.90. The average Bonchev–Trinajstić information content (AvgIpc) is 2.49. The Kier molecular flexibility index (Phi) is 5.53. The Hall–Kier alpha value is -1.91. The van der Waals surface area contributed by atoms with E-state index < -0.39 is 0 Å². The van der Waals surface area contributed by atoms with E-state index in [0.717, 1.165) is 17.0 Å². The number of rotatable bonds is 5. The SMILES string of the molecule is ON(Cc1ccccc1)C(=S)NCCc1ccccc1. The van der Waals surface area contributed by atoms with Crippen molar-refractivity contribution in [1.82, 2.24) is 10.4 Å². The van der Waals surface area contributed by atoms with Gasteiger partial charge in [-0.2, -0.15) is 0 Å². The topological polar surface area (TPSA) is 35.5 Å². The molecule has 0 aromatic heterocycles. The molecule has 0 heterocycles. The molecule has 0 spiro atoms. The molecule has 0 radical (unpaired) electrons. The van der Waals surface area contributed by atoms with Crippen molar-refractivity contribution in [3.05, 3.63) is 71.8 Å². The molecule has 0 aliphatic heterocycles. The van der Waals surface area contributed by atoms with Crippen molar-refractivity contribution < 1.29 is 5.21 Å². The molecule has 3 nitrogen and oxygen atoms in total.